The Morgan fingerprint density at radius 2 is 1.86 bits per heavy atom. The second-order valence-corrected chi connectivity index (χ2v) is 6.62. The first-order chi connectivity index (χ1) is 13.5. The van der Waals surface area contributed by atoms with E-state index in [0.717, 1.165) is 16.8 Å². The van der Waals surface area contributed by atoms with E-state index in [1.165, 1.54) is 4.90 Å². The Bertz CT molecular complexity index is 910. The highest BCUT2D eigenvalue weighted by Gasteiger charge is 2.25. The van der Waals surface area contributed by atoms with Crippen LogP contribution in [0.4, 0.5) is 11.4 Å². The van der Waals surface area contributed by atoms with Crippen molar-refractivity contribution in [3.8, 4) is 5.75 Å². The van der Waals surface area contributed by atoms with Gasteiger partial charge >= 0.3 is 0 Å². The maximum atomic E-state index is 12.1. The van der Waals surface area contributed by atoms with Crippen molar-refractivity contribution in [2.45, 2.75) is 20.3 Å². The van der Waals surface area contributed by atoms with Gasteiger partial charge in [-0.05, 0) is 43.2 Å². The maximum Gasteiger partial charge on any atom is 0.265 e. The van der Waals surface area contributed by atoms with E-state index >= 15 is 0 Å². The predicted octanol–water partition coefficient (Wildman–Crippen LogP) is 2.17. The zero-order valence-electron chi connectivity index (χ0n) is 16.0. The number of anilines is 2. The van der Waals surface area contributed by atoms with Crippen molar-refractivity contribution in [3.05, 3.63) is 53.6 Å². The number of hydrogen-bond donors (Lipinski definition) is 2. The third-order valence-electron chi connectivity index (χ3n) is 4.70. The molecule has 1 heterocycles. The minimum atomic E-state index is -0.298. The number of carbonyl (C=O) groups excluding carboxylic acids is 3. The van der Waals surface area contributed by atoms with Gasteiger partial charge in [0.05, 0.1) is 12.2 Å². The minimum Gasteiger partial charge on any atom is -0.482 e. The lowest BCUT2D eigenvalue weighted by atomic mass is 10.1. The lowest BCUT2D eigenvalue weighted by molar-refractivity contribution is -0.124. The van der Waals surface area contributed by atoms with Gasteiger partial charge in [-0.2, -0.15) is 0 Å². The molecular weight excluding hydrogens is 358 g/mol. The highest BCUT2D eigenvalue weighted by atomic mass is 16.5. The summed E-state index contributed by atoms with van der Waals surface area (Å²) in [5.74, 6) is -0.169. The summed E-state index contributed by atoms with van der Waals surface area (Å²) in [6.45, 7) is 3.96. The van der Waals surface area contributed by atoms with Crippen LogP contribution >= 0.6 is 0 Å². The number of ether oxygens (including phenoxy) is 1. The van der Waals surface area contributed by atoms with Crippen molar-refractivity contribution in [1.82, 2.24) is 5.32 Å². The van der Waals surface area contributed by atoms with Gasteiger partial charge in [0.25, 0.3) is 5.91 Å². The van der Waals surface area contributed by atoms with Gasteiger partial charge in [0.1, 0.15) is 5.75 Å². The van der Waals surface area contributed by atoms with Gasteiger partial charge in [-0.3, -0.25) is 14.4 Å². The van der Waals surface area contributed by atoms with E-state index in [1.54, 1.807) is 12.1 Å². The van der Waals surface area contributed by atoms with Gasteiger partial charge in [0.15, 0.2) is 6.61 Å². The summed E-state index contributed by atoms with van der Waals surface area (Å²) in [6.07, 6.45) is 0.0941. The molecule has 0 spiro atoms. The van der Waals surface area contributed by atoms with Crippen LogP contribution in [0.25, 0.3) is 0 Å². The van der Waals surface area contributed by atoms with E-state index in [4.69, 9.17) is 4.74 Å². The van der Waals surface area contributed by atoms with Crippen LogP contribution in [0.2, 0.25) is 0 Å². The highest BCUT2D eigenvalue weighted by Crippen LogP contribution is 2.31. The molecule has 7 nitrogen and oxygen atoms in total. The van der Waals surface area contributed by atoms with Gasteiger partial charge in [-0.1, -0.05) is 24.3 Å². The van der Waals surface area contributed by atoms with Gasteiger partial charge in [0.2, 0.25) is 11.8 Å². The zero-order valence-corrected chi connectivity index (χ0v) is 16.0. The molecule has 0 fully saturated rings. The van der Waals surface area contributed by atoms with Crippen molar-refractivity contribution >= 4 is 29.1 Å². The summed E-state index contributed by atoms with van der Waals surface area (Å²) in [7, 11) is 0. The molecular formula is C21H23N3O4. The fraction of sp³-hybridized carbons (Fsp3) is 0.286. The number of para-hydroxylation sites is 2. The van der Waals surface area contributed by atoms with Crippen LogP contribution in [0.5, 0.6) is 5.75 Å². The number of rotatable bonds is 6. The molecule has 0 bridgehead atoms. The molecule has 2 aromatic carbocycles. The largest absolute Gasteiger partial charge is 0.482 e. The summed E-state index contributed by atoms with van der Waals surface area (Å²) < 4.78 is 5.38. The number of benzene rings is 2. The van der Waals surface area contributed by atoms with Crippen LogP contribution in [0.15, 0.2) is 42.5 Å². The summed E-state index contributed by atoms with van der Waals surface area (Å²) in [6, 6.07) is 12.9. The van der Waals surface area contributed by atoms with E-state index in [1.807, 2.05) is 44.2 Å². The molecule has 7 heteroatoms. The molecule has 0 saturated heterocycles. The summed E-state index contributed by atoms with van der Waals surface area (Å²) in [5, 5.41) is 5.39. The van der Waals surface area contributed by atoms with Crippen molar-refractivity contribution < 1.29 is 19.1 Å². The molecule has 0 unspecified atom stereocenters. The summed E-state index contributed by atoms with van der Waals surface area (Å²) in [4.78, 5) is 37.9. The van der Waals surface area contributed by atoms with Gasteiger partial charge in [0, 0.05) is 18.7 Å². The molecule has 0 atom stereocenters. The molecule has 0 saturated carbocycles. The normalized spacial score (nSPS) is 12.8. The van der Waals surface area contributed by atoms with Crippen LogP contribution < -0.4 is 20.3 Å². The molecule has 3 amide bonds. The third kappa shape index (κ3) is 4.49. The van der Waals surface area contributed by atoms with Crippen LogP contribution in [-0.2, 0) is 14.4 Å². The number of nitrogens with zero attached hydrogens (tertiary/aromatic N) is 1. The van der Waals surface area contributed by atoms with Gasteiger partial charge < -0.3 is 20.3 Å². The Morgan fingerprint density at radius 1 is 1.07 bits per heavy atom. The summed E-state index contributed by atoms with van der Waals surface area (Å²) >= 11 is 0. The zero-order chi connectivity index (χ0) is 20.1. The Kier molecular flexibility index (Phi) is 5.93. The highest BCUT2D eigenvalue weighted by molar-refractivity contribution is 5.98. The SMILES string of the molecule is Cc1cccc(NC(=O)CNC(=O)CCN2C(=O)COc3ccccc32)c1C. The van der Waals surface area contributed by atoms with E-state index in [9.17, 15) is 14.4 Å². The molecule has 1 aliphatic rings. The maximum absolute atomic E-state index is 12.1. The van der Waals surface area contributed by atoms with Crippen molar-refractivity contribution in [2.24, 2.45) is 0 Å². The molecule has 28 heavy (non-hydrogen) atoms. The van der Waals surface area contributed by atoms with Crippen LogP contribution in [0.1, 0.15) is 17.5 Å². The Balaban J connectivity index is 1.49. The Morgan fingerprint density at radius 3 is 2.68 bits per heavy atom. The van der Waals surface area contributed by atoms with Gasteiger partial charge in [-0.15, -0.1) is 0 Å². The molecule has 2 aromatic rings. The quantitative estimate of drug-likeness (QED) is 0.803. The summed E-state index contributed by atoms with van der Waals surface area (Å²) in [5.41, 5.74) is 3.46. The molecule has 0 aromatic heterocycles. The van der Waals surface area contributed by atoms with Crippen LogP contribution in [0, 0.1) is 13.8 Å². The van der Waals surface area contributed by atoms with E-state index in [0.29, 0.717) is 11.4 Å². The van der Waals surface area contributed by atoms with E-state index < -0.39 is 0 Å². The second-order valence-electron chi connectivity index (χ2n) is 6.62. The monoisotopic (exact) mass is 381 g/mol. The number of hydrogen-bond acceptors (Lipinski definition) is 4. The number of carbonyl (C=O) groups is 3. The number of fused-ring (bicyclic) bond motifs is 1. The van der Waals surface area contributed by atoms with Gasteiger partial charge in [-0.25, -0.2) is 0 Å². The number of nitrogens with one attached hydrogen (secondary N) is 2. The lowest BCUT2D eigenvalue weighted by Crippen LogP contribution is -2.41. The van der Waals surface area contributed by atoms with E-state index in [-0.39, 0.29) is 43.8 Å². The first kappa shape index (κ1) is 19.4. The smallest absolute Gasteiger partial charge is 0.265 e. The fourth-order valence-corrected chi connectivity index (χ4v) is 2.96. The van der Waals surface area contributed by atoms with Crippen molar-refractivity contribution in [1.29, 1.82) is 0 Å². The number of aryl methyl sites for hydroxylation is 1. The minimum absolute atomic E-state index is 0.0448. The van der Waals surface area contributed by atoms with Crippen molar-refractivity contribution in [3.63, 3.8) is 0 Å². The topological polar surface area (TPSA) is 87.7 Å². The first-order valence-corrected chi connectivity index (χ1v) is 9.10. The molecule has 146 valence electrons. The molecule has 0 radical (unpaired) electrons. The molecule has 0 aliphatic carbocycles. The number of amides is 3. The Hall–Kier alpha value is -3.35. The molecule has 2 N–H and O–H groups in total. The lowest BCUT2D eigenvalue weighted by Gasteiger charge is -2.29. The standard InChI is InChI=1S/C21H23N3O4/c1-14-6-5-7-16(15(14)2)23-20(26)12-22-19(25)10-11-24-17-8-3-4-9-18(17)28-13-21(24)27/h3-9H,10-13H2,1-2H3,(H,22,25)(H,23,26). The average molecular weight is 381 g/mol. The third-order valence-corrected chi connectivity index (χ3v) is 4.70. The fourth-order valence-electron chi connectivity index (χ4n) is 2.96. The molecule has 3 rings (SSSR count). The van der Waals surface area contributed by atoms with Crippen LogP contribution in [-0.4, -0.2) is 37.4 Å². The average Bonchev–Trinajstić information content (AvgIpc) is 2.69. The second kappa shape index (κ2) is 8.56. The van der Waals surface area contributed by atoms with Crippen molar-refractivity contribution in [2.75, 3.05) is 29.9 Å². The molecule has 1 aliphatic heterocycles. The first-order valence-electron chi connectivity index (χ1n) is 9.10. The van der Waals surface area contributed by atoms with Crippen LogP contribution in [0.3, 0.4) is 0 Å². The Labute approximate surface area is 163 Å². The van der Waals surface area contributed by atoms with E-state index in [2.05, 4.69) is 10.6 Å². The predicted molar refractivity (Wildman–Crippen MR) is 106 cm³/mol.